The lowest BCUT2D eigenvalue weighted by Crippen LogP contribution is -2.48. The van der Waals surface area contributed by atoms with Gasteiger partial charge < -0.3 is 46.6 Å². The van der Waals surface area contributed by atoms with Gasteiger partial charge in [-0.2, -0.15) is 0 Å². The second kappa shape index (κ2) is 27.5. The molecule has 6 fully saturated rings. The summed E-state index contributed by atoms with van der Waals surface area (Å²) in [5.41, 5.74) is 4.09. The quantitative estimate of drug-likeness (QED) is 0.0798. The zero-order chi connectivity index (χ0) is 51.9. The normalized spacial score (nSPS) is 23.5. The summed E-state index contributed by atoms with van der Waals surface area (Å²) < 4.78 is 45.0. The lowest BCUT2D eigenvalue weighted by molar-refractivity contribution is 0.168. The largest absolute Gasteiger partial charge is 0.335 e. The molecule has 9 rings (SSSR count). The van der Waals surface area contributed by atoms with Gasteiger partial charge >= 0.3 is 18.1 Å². The van der Waals surface area contributed by atoms with Crippen LogP contribution in [0.1, 0.15) is 162 Å². The third kappa shape index (κ3) is 15.9. The first kappa shape index (κ1) is 54.9. The lowest BCUT2D eigenvalue weighted by Gasteiger charge is -2.35. The smallest absolute Gasteiger partial charge is 0.317 e. The molecule has 0 bridgehead atoms. The van der Waals surface area contributed by atoms with E-state index in [2.05, 4.69) is 56.2 Å². The molecule has 3 aliphatic carbocycles. The molecule has 410 valence electrons. The van der Waals surface area contributed by atoms with Crippen molar-refractivity contribution in [2.45, 2.75) is 172 Å². The summed E-state index contributed by atoms with van der Waals surface area (Å²) in [7, 11) is 0. The van der Waals surface area contributed by atoms with Crippen molar-refractivity contribution in [3.63, 3.8) is 0 Å². The van der Waals surface area contributed by atoms with E-state index in [1.54, 1.807) is 11.0 Å². The topological polar surface area (TPSA) is 133 Å². The molecule has 3 aromatic rings. The highest BCUT2D eigenvalue weighted by molar-refractivity contribution is 5.75. The number of amides is 6. The maximum Gasteiger partial charge on any atom is 0.317 e. The fourth-order valence-electron chi connectivity index (χ4n) is 13.3. The Labute approximate surface area is 444 Å². The first-order chi connectivity index (χ1) is 36.6. The van der Waals surface area contributed by atoms with E-state index in [-0.39, 0.29) is 67.0 Å². The van der Waals surface area contributed by atoms with Crippen molar-refractivity contribution in [1.82, 2.24) is 46.6 Å². The summed E-state index contributed by atoms with van der Waals surface area (Å²) in [5, 5.41) is 20.4. The van der Waals surface area contributed by atoms with Gasteiger partial charge in [-0.05, 0) is 193 Å². The Kier molecular flexibility index (Phi) is 20.1. The maximum atomic E-state index is 16.9. The molecule has 3 saturated carbocycles. The predicted octanol–water partition coefficient (Wildman–Crippen LogP) is 10.4. The highest BCUT2D eigenvalue weighted by Gasteiger charge is 2.33. The summed E-state index contributed by atoms with van der Waals surface area (Å²) in [5.74, 6) is -0.746. The zero-order valence-electron chi connectivity index (χ0n) is 44.5. The summed E-state index contributed by atoms with van der Waals surface area (Å²) in [6.45, 7) is 8.30. The second-order valence-corrected chi connectivity index (χ2v) is 23.3. The molecule has 3 heterocycles. The van der Waals surface area contributed by atoms with Gasteiger partial charge in [0, 0.05) is 56.4 Å². The molecule has 6 aliphatic rings. The zero-order valence-corrected chi connectivity index (χ0v) is 44.5. The number of nitrogens with zero attached hydrogens (tertiary/aromatic N) is 3. The first-order valence-electron chi connectivity index (χ1n) is 29.2. The Balaban J connectivity index is 0.837. The van der Waals surface area contributed by atoms with Crippen molar-refractivity contribution in [2.24, 2.45) is 17.8 Å². The Morgan fingerprint density at radius 3 is 1.51 bits per heavy atom. The summed E-state index contributed by atoms with van der Waals surface area (Å²) in [6.07, 6.45) is 18.3. The monoisotopic (exact) mass is 1040 g/mol. The average molecular weight is 1040 g/mol. The molecule has 15 heteroatoms. The molecule has 75 heavy (non-hydrogen) atoms. The molecule has 4 unspecified atom stereocenters. The Hall–Kier alpha value is -4.86. The van der Waals surface area contributed by atoms with Crippen LogP contribution in [-0.4, -0.2) is 110 Å². The Bertz CT molecular complexity index is 2320. The molecule has 0 aromatic heterocycles. The van der Waals surface area contributed by atoms with Gasteiger partial charge in [-0.1, -0.05) is 80.6 Å². The van der Waals surface area contributed by atoms with Gasteiger partial charge in [0.2, 0.25) is 0 Å². The third-order valence-electron chi connectivity index (χ3n) is 17.7. The number of carbonyl (C=O) groups excluding carboxylic acids is 3. The van der Waals surface area contributed by atoms with Crippen LogP contribution in [-0.2, 0) is 19.6 Å². The van der Waals surface area contributed by atoms with Crippen molar-refractivity contribution in [2.75, 3.05) is 58.9 Å². The van der Waals surface area contributed by atoms with Crippen molar-refractivity contribution in [3.8, 4) is 0 Å². The molecule has 0 radical (unpaired) electrons. The van der Waals surface area contributed by atoms with E-state index in [0.29, 0.717) is 67.0 Å². The molecule has 3 saturated heterocycles. The summed E-state index contributed by atoms with van der Waals surface area (Å²) in [6, 6.07) is 18.0. The van der Waals surface area contributed by atoms with Crippen LogP contribution in [0.25, 0.3) is 0 Å². The third-order valence-corrected chi connectivity index (χ3v) is 17.7. The molecular weight excluding hydrogens is 952 g/mol. The molecule has 4 atom stereocenters. The van der Waals surface area contributed by atoms with E-state index < -0.39 is 11.6 Å². The fourth-order valence-corrected chi connectivity index (χ4v) is 13.3. The van der Waals surface area contributed by atoms with E-state index in [1.165, 1.54) is 18.1 Å². The van der Waals surface area contributed by atoms with E-state index >= 15 is 4.39 Å². The highest BCUT2D eigenvalue weighted by Crippen LogP contribution is 2.37. The number of rotatable bonds is 17. The SMILES string of the molecule is O=C(NC1CCCC(c2cccc(CN(CC3CCNCC3)C(=O)NC3CCCC(c4cccc(CN(CC5CCNCC5)C(=O)NC5CCCCC5)c4F)C3)c2)C1)N(Cc1ccc(F)c(F)c1)CC1CCNCC1. The van der Waals surface area contributed by atoms with Gasteiger partial charge in [0.05, 0.1) is 6.54 Å². The summed E-state index contributed by atoms with van der Waals surface area (Å²) >= 11 is 0. The van der Waals surface area contributed by atoms with Gasteiger partial charge in [-0.25, -0.2) is 27.6 Å². The van der Waals surface area contributed by atoms with Gasteiger partial charge in [0.25, 0.3) is 0 Å². The molecular formula is C60H86F3N9O3. The number of carbonyl (C=O) groups is 3. The van der Waals surface area contributed by atoms with Crippen LogP contribution in [0.5, 0.6) is 0 Å². The van der Waals surface area contributed by atoms with Crippen LogP contribution < -0.4 is 31.9 Å². The van der Waals surface area contributed by atoms with E-state index in [1.807, 2.05) is 28.0 Å². The van der Waals surface area contributed by atoms with E-state index in [9.17, 15) is 23.2 Å². The predicted molar refractivity (Wildman–Crippen MR) is 290 cm³/mol. The van der Waals surface area contributed by atoms with Crippen molar-refractivity contribution in [1.29, 1.82) is 0 Å². The van der Waals surface area contributed by atoms with Crippen LogP contribution >= 0.6 is 0 Å². The number of halogens is 3. The number of nitrogens with one attached hydrogen (secondary N) is 6. The first-order valence-corrected chi connectivity index (χ1v) is 29.2. The highest BCUT2D eigenvalue weighted by atomic mass is 19.2. The molecule has 6 N–H and O–H groups in total. The van der Waals surface area contributed by atoms with Crippen LogP contribution in [0, 0.1) is 35.2 Å². The van der Waals surface area contributed by atoms with Crippen molar-refractivity contribution in [3.05, 3.63) is 106 Å². The second-order valence-electron chi connectivity index (χ2n) is 23.3. The molecule has 3 aliphatic heterocycles. The average Bonchev–Trinajstić information content (AvgIpc) is 3.43. The molecule has 0 spiro atoms. The van der Waals surface area contributed by atoms with Crippen molar-refractivity contribution >= 4 is 18.1 Å². The van der Waals surface area contributed by atoms with Crippen LogP contribution in [0.15, 0.2) is 60.7 Å². The Morgan fingerprint density at radius 1 is 0.467 bits per heavy atom. The number of urea groups is 3. The minimum Gasteiger partial charge on any atom is -0.335 e. The fraction of sp³-hybridized carbons (Fsp3) is 0.650. The van der Waals surface area contributed by atoms with Gasteiger partial charge in [0.15, 0.2) is 11.6 Å². The van der Waals surface area contributed by atoms with E-state index in [4.69, 9.17) is 0 Å². The van der Waals surface area contributed by atoms with Gasteiger partial charge in [0.1, 0.15) is 5.82 Å². The molecule has 6 amide bonds. The number of benzene rings is 3. The number of piperidine rings is 3. The van der Waals surface area contributed by atoms with Crippen molar-refractivity contribution < 1.29 is 27.6 Å². The number of hydrogen-bond donors (Lipinski definition) is 6. The summed E-state index contributed by atoms with van der Waals surface area (Å²) in [4.78, 5) is 48.2. The van der Waals surface area contributed by atoms with E-state index in [0.717, 1.165) is 160 Å². The lowest BCUT2D eigenvalue weighted by atomic mass is 9.80. The number of hydrogen-bond acceptors (Lipinski definition) is 6. The molecule has 12 nitrogen and oxygen atoms in total. The van der Waals surface area contributed by atoms with Crippen LogP contribution in [0.3, 0.4) is 0 Å². The van der Waals surface area contributed by atoms with Gasteiger partial charge in [-0.3, -0.25) is 0 Å². The van der Waals surface area contributed by atoms with Crippen LogP contribution in [0.4, 0.5) is 27.6 Å². The van der Waals surface area contributed by atoms with Crippen LogP contribution in [0.2, 0.25) is 0 Å². The molecule has 3 aromatic carbocycles. The maximum absolute atomic E-state index is 16.9. The minimum absolute atomic E-state index is 0.0332. The standard InChI is InChI=1S/C60H86F3N9O3/c61-55-19-18-46(33-56(55)62)40-71(37-43-22-28-65-29-23-43)59(74)68-52-15-5-10-48(34-52)47-9-4-8-45(32-47)39-70(36-42-20-26-64-27-21-42)60(75)69-53-16-6-11-49(35-53)54-17-7-12-50(57(54)63)41-72(38-44-24-30-66-31-25-44)58(73)67-51-13-2-1-3-14-51/h4,7-9,12,17-19,32-33,42-44,48-49,51-53,64-66H,1-3,5-6,10-11,13-16,20-31,34-41H2,(H,67,73)(H,68,74)(H,69,75). The minimum atomic E-state index is -0.908. The Morgan fingerprint density at radius 2 is 0.947 bits per heavy atom. The van der Waals surface area contributed by atoms with Gasteiger partial charge in [-0.15, -0.1) is 0 Å².